The molecular weight excluding hydrogens is 306 g/mol. The minimum Gasteiger partial charge on any atom is -0.347 e. The van der Waals surface area contributed by atoms with Gasteiger partial charge >= 0.3 is 6.03 Å². The van der Waals surface area contributed by atoms with Crippen LogP contribution in [0.4, 0.5) is 10.5 Å². The fourth-order valence-electron chi connectivity index (χ4n) is 1.93. The lowest BCUT2D eigenvalue weighted by molar-refractivity contribution is -0.126. The molecule has 0 heterocycles. The lowest BCUT2D eigenvalue weighted by atomic mass is 10.1. The van der Waals surface area contributed by atoms with Gasteiger partial charge in [0.2, 0.25) is 5.91 Å². The summed E-state index contributed by atoms with van der Waals surface area (Å²) in [5.41, 5.74) is 1.38. The van der Waals surface area contributed by atoms with Gasteiger partial charge in [-0.2, -0.15) is 0 Å². The number of hydrogen-bond donors (Lipinski definition) is 3. The first kappa shape index (κ1) is 19.7. The third kappa shape index (κ3) is 7.76. The standard InChI is InChI=1S/C18H27N3O3/c1-12(13(2)22)19-16(23)11-8-14-6-9-15(10-7-14)20-17(24)21-18(3,4)5/h6-7,9-10,12H,8,11H2,1-5H3,(H,19,23)(H2,20,21,24). The molecular formula is C18H27N3O3. The van der Waals surface area contributed by atoms with Gasteiger partial charge in [-0.15, -0.1) is 0 Å². The molecule has 1 unspecified atom stereocenters. The fraction of sp³-hybridized carbons (Fsp3) is 0.500. The van der Waals surface area contributed by atoms with Crippen LogP contribution < -0.4 is 16.0 Å². The van der Waals surface area contributed by atoms with Crippen LogP contribution in [0, 0.1) is 0 Å². The zero-order valence-electron chi connectivity index (χ0n) is 15.0. The van der Waals surface area contributed by atoms with E-state index in [0.717, 1.165) is 5.56 Å². The van der Waals surface area contributed by atoms with Gasteiger partial charge in [0, 0.05) is 17.6 Å². The highest BCUT2D eigenvalue weighted by atomic mass is 16.2. The molecule has 0 radical (unpaired) electrons. The first-order chi connectivity index (χ1) is 11.1. The van der Waals surface area contributed by atoms with E-state index >= 15 is 0 Å². The minimum atomic E-state index is -0.453. The van der Waals surface area contributed by atoms with Crippen LogP contribution in [-0.4, -0.2) is 29.3 Å². The fourth-order valence-corrected chi connectivity index (χ4v) is 1.93. The third-order valence-corrected chi connectivity index (χ3v) is 3.33. The Labute approximate surface area is 143 Å². The average Bonchev–Trinajstić information content (AvgIpc) is 2.44. The molecule has 3 amide bonds. The Balaban J connectivity index is 2.46. The van der Waals surface area contributed by atoms with Crippen LogP contribution in [0.5, 0.6) is 0 Å². The highest BCUT2D eigenvalue weighted by Gasteiger charge is 2.14. The molecule has 24 heavy (non-hydrogen) atoms. The SMILES string of the molecule is CC(=O)C(C)NC(=O)CCc1ccc(NC(=O)NC(C)(C)C)cc1. The van der Waals surface area contributed by atoms with E-state index in [4.69, 9.17) is 0 Å². The quantitative estimate of drug-likeness (QED) is 0.748. The van der Waals surface area contributed by atoms with Gasteiger partial charge in [-0.3, -0.25) is 9.59 Å². The Morgan fingerprint density at radius 3 is 2.17 bits per heavy atom. The Morgan fingerprint density at radius 2 is 1.67 bits per heavy atom. The largest absolute Gasteiger partial charge is 0.347 e. The predicted molar refractivity (Wildman–Crippen MR) is 95.0 cm³/mol. The van der Waals surface area contributed by atoms with Crippen molar-refractivity contribution in [3.63, 3.8) is 0 Å². The van der Waals surface area contributed by atoms with Gasteiger partial charge in [0.05, 0.1) is 6.04 Å². The summed E-state index contributed by atoms with van der Waals surface area (Å²) in [7, 11) is 0. The molecule has 0 saturated carbocycles. The highest BCUT2D eigenvalue weighted by molar-refractivity contribution is 5.89. The van der Waals surface area contributed by atoms with Crippen LogP contribution in [0.15, 0.2) is 24.3 Å². The Kier molecular flexibility index (Phi) is 6.95. The van der Waals surface area contributed by atoms with Crippen LogP contribution in [0.3, 0.4) is 0 Å². The molecule has 0 saturated heterocycles. The predicted octanol–water partition coefficient (Wildman–Crippen LogP) is 2.63. The van der Waals surface area contributed by atoms with E-state index in [-0.39, 0.29) is 23.3 Å². The molecule has 1 rings (SSSR count). The zero-order chi connectivity index (χ0) is 18.3. The number of rotatable bonds is 6. The number of hydrogen-bond acceptors (Lipinski definition) is 3. The molecule has 0 bridgehead atoms. The lowest BCUT2D eigenvalue weighted by Crippen LogP contribution is -2.43. The maximum atomic E-state index is 11.8. The van der Waals surface area contributed by atoms with Gasteiger partial charge in [-0.05, 0) is 58.7 Å². The summed E-state index contributed by atoms with van der Waals surface area (Å²) in [6.07, 6.45) is 0.889. The summed E-state index contributed by atoms with van der Waals surface area (Å²) < 4.78 is 0. The number of urea groups is 1. The number of ketones is 1. The minimum absolute atomic E-state index is 0.0627. The van der Waals surface area contributed by atoms with Gasteiger partial charge in [0.1, 0.15) is 0 Å². The maximum Gasteiger partial charge on any atom is 0.319 e. The Hall–Kier alpha value is -2.37. The molecule has 3 N–H and O–H groups in total. The molecule has 0 aliphatic heterocycles. The third-order valence-electron chi connectivity index (χ3n) is 3.33. The second-order valence-corrected chi connectivity index (χ2v) is 6.93. The summed E-state index contributed by atoms with van der Waals surface area (Å²) >= 11 is 0. The number of benzene rings is 1. The maximum absolute atomic E-state index is 11.8. The van der Waals surface area contributed by atoms with E-state index in [9.17, 15) is 14.4 Å². The average molecular weight is 333 g/mol. The van der Waals surface area contributed by atoms with Gasteiger partial charge in [-0.25, -0.2) is 4.79 Å². The molecule has 0 spiro atoms. The van der Waals surface area contributed by atoms with Crippen molar-refractivity contribution in [1.29, 1.82) is 0 Å². The van der Waals surface area contributed by atoms with E-state index in [2.05, 4.69) is 16.0 Å². The van der Waals surface area contributed by atoms with E-state index in [1.807, 2.05) is 32.9 Å². The molecule has 0 aliphatic carbocycles. The molecule has 0 aliphatic rings. The van der Waals surface area contributed by atoms with Crippen molar-refractivity contribution in [2.45, 2.75) is 59.0 Å². The van der Waals surface area contributed by atoms with E-state index in [1.165, 1.54) is 6.92 Å². The van der Waals surface area contributed by atoms with Crippen LogP contribution in [0.2, 0.25) is 0 Å². The Bertz CT molecular complexity index is 589. The van der Waals surface area contributed by atoms with Crippen LogP contribution in [0.1, 0.15) is 46.6 Å². The summed E-state index contributed by atoms with van der Waals surface area (Å²) in [6, 6.07) is 6.63. The topological polar surface area (TPSA) is 87.3 Å². The number of aryl methyl sites for hydroxylation is 1. The summed E-state index contributed by atoms with van der Waals surface area (Å²) in [5.74, 6) is -0.211. The number of carbonyl (C=O) groups excluding carboxylic acids is 3. The van der Waals surface area contributed by atoms with Crippen molar-refractivity contribution < 1.29 is 14.4 Å². The first-order valence-corrected chi connectivity index (χ1v) is 8.05. The molecule has 6 heteroatoms. The van der Waals surface area contributed by atoms with Gasteiger partial charge in [0.25, 0.3) is 0 Å². The van der Waals surface area contributed by atoms with Crippen molar-refractivity contribution in [1.82, 2.24) is 10.6 Å². The van der Waals surface area contributed by atoms with Gasteiger partial charge in [-0.1, -0.05) is 12.1 Å². The second-order valence-electron chi connectivity index (χ2n) is 6.93. The number of nitrogens with one attached hydrogen (secondary N) is 3. The zero-order valence-corrected chi connectivity index (χ0v) is 15.0. The van der Waals surface area contributed by atoms with Crippen molar-refractivity contribution in [3.8, 4) is 0 Å². The number of anilines is 1. The van der Waals surface area contributed by atoms with Crippen molar-refractivity contribution in [2.24, 2.45) is 0 Å². The van der Waals surface area contributed by atoms with Crippen molar-refractivity contribution >= 4 is 23.4 Å². The van der Waals surface area contributed by atoms with Crippen LogP contribution >= 0.6 is 0 Å². The molecule has 0 fully saturated rings. The number of amides is 3. The highest BCUT2D eigenvalue weighted by Crippen LogP contribution is 2.11. The van der Waals surface area contributed by atoms with Crippen LogP contribution in [0.25, 0.3) is 0 Å². The number of Topliss-reactive ketones (excluding diaryl/α,β-unsaturated/α-hetero) is 1. The molecule has 6 nitrogen and oxygen atoms in total. The van der Waals surface area contributed by atoms with Gasteiger partial charge < -0.3 is 16.0 Å². The lowest BCUT2D eigenvalue weighted by Gasteiger charge is -2.20. The molecule has 132 valence electrons. The monoisotopic (exact) mass is 333 g/mol. The smallest absolute Gasteiger partial charge is 0.319 e. The summed E-state index contributed by atoms with van der Waals surface area (Å²) in [4.78, 5) is 34.6. The van der Waals surface area contributed by atoms with Crippen molar-refractivity contribution in [3.05, 3.63) is 29.8 Å². The summed E-state index contributed by atoms with van der Waals surface area (Å²) in [6.45, 7) is 8.85. The normalized spacial score (nSPS) is 12.2. The van der Waals surface area contributed by atoms with Gasteiger partial charge in [0.15, 0.2) is 5.78 Å². The second kappa shape index (κ2) is 8.47. The summed E-state index contributed by atoms with van der Waals surface area (Å²) in [5, 5.41) is 8.24. The molecule has 1 atom stereocenters. The van der Waals surface area contributed by atoms with Crippen molar-refractivity contribution in [2.75, 3.05) is 5.32 Å². The molecule has 1 aromatic carbocycles. The van der Waals surface area contributed by atoms with Crippen LogP contribution in [-0.2, 0) is 16.0 Å². The van der Waals surface area contributed by atoms with E-state index < -0.39 is 6.04 Å². The molecule has 0 aromatic heterocycles. The van der Waals surface area contributed by atoms with E-state index in [1.54, 1.807) is 19.1 Å². The Morgan fingerprint density at radius 1 is 1.08 bits per heavy atom. The number of carbonyl (C=O) groups is 3. The van der Waals surface area contributed by atoms with E-state index in [0.29, 0.717) is 18.5 Å². The molecule has 1 aromatic rings. The first-order valence-electron chi connectivity index (χ1n) is 8.05.